The molecule has 92 valence electrons. The normalized spacial score (nSPS) is 12.1. The second-order valence-electron chi connectivity index (χ2n) is 4.01. The average Bonchev–Trinajstić information content (AvgIpc) is 2.32. The average molecular weight is 298 g/mol. The summed E-state index contributed by atoms with van der Waals surface area (Å²) in [6, 6.07) is 5.32. The number of terminal acetylenes is 1. The maximum Gasteiger partial charge on any atom is 0.137 e. The van der Waals surface area contributed by atoms with Gasteiger partial charge in [0.05, 0.1) is 4.47 Å². The summed E-state index contributed by atoms with van der Waals surface area (Å²) < 4.78 is 13.6. The van der Waals surface area contributed by atoms with Gasteiger partial charge in [0.1, 0.15) is 5.82 Å². The van der Waals surface area contributed by atoms with Crippen LogP contribution < -0.4 is 5.32 Å². The highest BCUT2D eigenvalue weighted by Gasteiger charge is 2.06. The Labute approximate surface area is 111 Å². The van der Waals surface area contributed by atoms with Gasteiger partial charge in [0.15, 0.2) is 0 Å². The summed E-state index contributed by atoms with van der Waals surface area (Å²) in [4.78, 5) is 0. The molecule has 0 amide bonds. The van der Waals surface area contributed by atoms with Gasteiger partial charge in [-0.2, -0.15) is 0 Å². The van der Waals surface area contributed by atoms with E-state index in [2.05, 4.69) is 34.1 Å². The lowest BCUT2D eigenvalue weighted by Crippen LogP contribution is -2.19. The Balaban J connectivity index is 2.39. The molecule has 0 spiro atoms. The van der Waals surface area contributed by atoms with Crippen molar-refractivity contribution in [3.8, 4) is 12.3 Å². The SMILES string of the molecule is C#CCCCCNC(C)c1ccc(F)c(Br)c1. The van der Waals surface area contributed by atoms with Gasteiger partial charge in [0.25, 0.3) is 0 Å². The highest BCUT2D eigenvalue weighted by Crippen LogP contribution is 2.21. The van der Waals surface area contributed by atoms with Crippen molar-refractivity contribution < 1.29 is 4.39 Å². The van der Waals surface area contributed by atoms with E-state index in [1.807, 2.05) is 6.07 Å². The van der Waals surface area contributed by atoms with Gasteiger partial charge in [-0.15, -0.1) is 12.3 Å². The largest absolute Gasteiger partial charge is 0.310 e. The van der Waals surface area contributed by atoms with Crippen molar-refractivity contribution in [2.75, 3.05) is 6.54 Å². The van der Waals surface area contributed by atoms with E-state index < -0.39 is 0 Å². The molecule has 0 aliphatic carbocycles. The molecule has 1 nitrogen and oxygen atoms in total. The predicted molar refractivity (Wildman–Crippen MR) is 73.2 cm³/mol. The molecule has 1 rings (SSSR count). The molecular weight excluding hydrogens is 281 g/mol. The quantitative estimate of drug-likeness (QED) is 0.617. The zero-order chi connectivity index (χ0) is 12.7. The van der Waals surface area contributed by atoms with E-state index in [9.17, 15) is 4.39 Å². The fraction of sp³-hybridized carbons (Fsp3) is 0.429. The summed E-state index contributed by atoms with van der Waals surface area (Å²) in [6.07, 6.45) is 8.12. The fourth-order valence-corrected chi connectivity index (χ4v) is 1.97. The lowest BCUT2D eigenvalue weighted by Gasteiger charge is -2.14. The minimum absolute atomic E-state index is 0.220. The molecule has 0 heterocycles. The van der Waals surface area contributed by atoms with Crippen LogP contribution in [-0.2, 0) is 0 Å². The fourth-order valence-electron chi connectivity index (χ4n) is 1.57. The number of nitrogens with one attached hydrogen (secondary N) is 1. The van der Waals surface area contributed by atoms with Gasteiger partial charge in [-0.05, 0) is 59.9 Å². The Bertz CT molecular complexity index is 398. The van der Waals surface area contributed by atoms with Gasteiger partial charge in [-0.1, -0.05) is 6.07 Å². The Hall–Kier alpha value is -0.850. The standard InChI is InChI=1S/C14H17BrFN/c1-3-4-5-6-9-17-11(2)12-7-8-14(16)13(15)10-12/h1,7-8,10-11,17H,4-6,9H2,2H3. The second-order valence-corrected chi connectivity index (χ2v) is 4.86. The molecule has 0 saturated carbocycles. The van der Waals surface area contributed by atoms with Crippen molar-refractivity contribution in [1.29, 1.82) is 0 Å². The van der Waals surface area contributed by atoms with E-state index in [0.29, 0.717) is 4.47 Å². The first-order valence-corrected chi connectivity index (χ1v) is 6.56. The predicted octanol–water partition coefficient (Wildman–Crippen LogP) is 4.04. The van der Waals surface area contributed by atoms with Gasteiger partial charge in [0, 0.05) is 12.5 Å². The van der Waals surface area contributed by atoms with Crippen LogP contribution in [0.2, 0.25) is 0 Å². The van der Waals surface area contributed by atoms with Crippen molar-refractivity contribution in [3.05, 3.63) is 34.1 Å². The van der Waals surface area contributed by atoms with Gasteiger partial charge in [-0.25, -0.2) is 4.39 Å². The van der Waals surface area contributed by atoms with Crippen LogP contribution >= 0.6 is 15.9 Å². The summed E-state index contributed by atoms with van der Waals surface area (Å²) >= 11 is 3.19. The minimum Gasteiger partial charge on any atom is -0.310 e. The van der Waals surface area contributed by atoms with Crippen LogP contribution in [0.4, 0.5) is 4.39 Å². The van der Waals surface area contributed by atoms with Gasteiger partial charge in [-0.3, -0.25) is 0 Å². The maximum atomic E-state index is 13.1. The molecule has 1 aromatic rings. The second kappa shape index (κ2) is 7.47. The molecular formula is C14H17BrFN. The van der Waals surface area contributed by atoms with E-state index in [1.165, 1.54) is 6.07 Å². The summed E-state index contributed by atoms with van der Waals surface area (Å²) in [5.41, 5.74) is 1.08. The Kier molecular flexibility index (Phi) is 6.25. The van der Waals surface area contributed by atoms with E-state index >= 15 is 0 Å². The van der Waals surface area contributed by atoms with Crippen molar-refractivity contribution in [2.45, 2.75) is 32.2 Å². The van der Waals surface area contributed by atoms with Crippen LogP contribution in [0, 0.1) is 18.2 Å². The topological polar surface area (TPSA) is 12.0 Å². The monoisotopic (exact) mass is 297 g/mol. The summed E-state index contributed by atoms with van der Waals surface area (Å²) in [7, 11) is 0. The van der Waals surface area contributed by atoms with Crippen LogP contribution in [0.25, 0.3) is 0 Å². The summed E-state index contributed by atoms with van der Waals surface area (Å²) in [5, 5.41) is 3.39. The van der Waals surface area contributed by atoms with Gasteiger partial charge < -0.3 is 5.32 Å². The molecule has 1 aromatic carbocycles. The van der Waals surface area contributed by atoms with Gasteiger partial charge in [0.2, 0.25) is 0 Å². The third-order valence-corrected chi connectivity index (χ3v) is 3.25. The number of benzene rings is 1. The van der Waals surface area contributed by atoms with E-state index in [0.717, 1.165) is 31.4 Å². The molecule has 1 N–H and O–H groups in total. The molecule has 0 aliphatic heterocycles. The first-order valence-electron chi connectivity index (χ1n) is 5.77. The zero-order valence-electron chi connectivity index (χ0n) is 9.97. The Morgan fingerprint density at radius 3 is 2.88 bits per heavy atom. The van der Waals surface area contributed by atoms with Crippen molar-refractivity contribution >= 4 is 15.9 Å². The first kappa shape index (κ1) is 14.2. The van der Waals surface area contributed by atoms with Crippen molar-refractivity contribution in [2.24, 2.45) is 0 Å². The molecule has 1 atom stereocenters. The van der Waals surface area contributed by atoms with E-state index in [1.54, 1.807) is 6.07 Å². The number of hydrogen-bond donors (Lipinski definition) is 1. The molecule has 0 aromatic heterocycles. The van der Waals surface area contributed by atoms with Crippen LogP contribution in [0.15, 0.2) is 22.7 Å². The summed E-state index contributed by atoms with van der Waals surface area (Å²) in [5.74, 6) is 2.40. The third kappa shape index (κ3) is 4.89. The number of rotatable bonds is 6. The minimum atomic E-state index is -0.227. The maximum absolute atomic E-state index is 13.1. The highest BCUT2D eigenvalue weighted by atomic mass is 79.9. The smallest absolute Gasteiger partial charge is 0.137 e. The first-order chi connectivity index (χ1) is 8.15. The lowest BCUT2D eigenvalue weighted by molar-refractivity contribution is 0.547. The molecule has 0 radical (unpaired) electrons. The van der Waals surface area contributed by atoms with Crippen molar-refractivity contribution in [1.82, 2.24) is 5.32 Å². The Morgan fingerprint density at radius 1 is 1.47 bits per heavy atom. The van der Waals surface area contributed by atoms with Crippen LogP contribution in [0.5, 0.6) is 0 Å². The lowest BCUT2D eigenvalue weighted by atomic mass is 10.1. The molecule has 3 heteroatoms. The van der Waals surface area contributed by atoms with Crippen LogP contribution in [0.1, 0.15) is 37.8 Å². The molecule has 1 unspecified atom stereocenters. The molecule has 17 heavy (non-hydrogen) atoms. The molecule has 0 aliphatic rings. The highest BCUT2D eigenvalue weighted by molar-refractivity contribution is 9.10. The van der Waals surface area contributed by atoms with Crippen molar-refractivity contribution in [3.63, 3.8) is 0 Å². The molecule has 0 bridgehead atoms. The third-order valence-electron chi connectivity index (χ3n) is 2.64. The number of halogens is 2. The zero-order valence-corrected chi connectivity index (χ0v) is 11.6. The number of hydrogen-bond acceptors (Lipinski definition) is 1. The van der Waals surface area contributed by atoms with Gasteiger partial charge >= 0.3 is 0 Å². The Morgan fingerprint density at radius 2 is 2.24 bits per heavy atom. The van der Waals surface area contributed by atoms with Crippen LogP contribution in [0.3, 0.4) is 0 Å². The molecule has 0 fully saturated rings. The van der Waals surface area contributed by atoms with Crippen LogP contribution in [-0.4, -0.2) is 6.54 Å². The molecule has 0 saturated heterocycles. The number of unbranched alkanes of at least 4 members (excludes halogenated alkanes) is 2. The van der Waals surface area contributed by atoms with E-state index in [-0.39, 0.29) is 11.9 Å². The van der Waals surface area contributed by atoms with E-state index in [4.69, 9.17) is 6.42 Å². The summed E-state index contributed by atoms with van der Waals surface area (Å²) in [6.45, 7) is 3.00.